The quantitative estimate of drug-likeness (QED) is 0.549. The zero-order valence-corrected chi connectivity index (χ0v) is 6.55. The van der Waals surface area contributed by atoms with Crippen LogP contribution in [0.1, 0.15) is 6.92 Å². The Morgan fingerprint density at radius 2 is 2.00 bits per heavy atom. The van der Waals surface area contributed by atoms with Gasteiger partial charge >= 0.3 is 0 Å². The highest BCUT2D eigenvalue weighted by molar-refractivity contribution is 5.85. The van der Waals surface area contributed by atoms with Gasteiger partial charge in [0.2, 0.25) is 5.91 Å². The molecule has 3 nitrogen and oxygen atoms in total. The van der Waals surface area contributed by atoms with E-state index in [0.717, 1.165) is 6.54 Å². The lowest BCUT2D eigenvalue weighted by Gasteiger charge is -1.97. The summed E-state index contributed by atoms with van der Waals surface area (Å²) in [5.41, 5.74) is 0. The fraction of sp³-hybridized carbons (Fsp3) is 0.800. The molecule has 2 N–H and O–H groups in total. The number of halogens is 1. The van der Waals surface area contributed by atoms with Crippen molar-refractivity contribution in [3.63, 3.8) is 0 Å². The van der Waals surface area contributed by atoms with E-state index in [1.807, 2.05) is 7.05 Å². The molecule has 0 aliphatic carbocycles. The van der Waals surface area contributed by atoms with Gasteiger partial charge in [-0.1, -0.05) is 0 Å². The lowest BCUT2D eigenvalue weighted by atomic mass is 10.6. The van der Waals surface area contributed by atoms with Crippen molar-refractivity contribution in [2.75, 3.05) is 20.1 Å². The molecule has 0 saturated carbocycles. The highest BCUT2D eigenvalue weighted by Gasteiger charge is 1.85. The monoisotopic (exact) mass is 152 g/mol. The van der Waals surface area contributed by atoms with Crippen LogP contribution in [0.5, 0.6) is 0 Å². The van der Waals surface area contributed by atoms with E-state index in [9.17, 15) is 4.79 Å². The summed E-state index contributed by atoms with van der Waals surface area (Å²) in [6, 6.07) is 0. The van der Waals surface area contributed by atoms with Crippen molar-refractivity contribution >= 4 is 18.3 Å². The van der Waals surface area contributed by atoms with Gasteiger partial charge in [-0.2, -0.15) is 0 Å². The van der Waals surface area contributed by atoms with Gasteiger partial charge in [-0.05, 0) is 7.05 Å². The fourth-order valence-electron chi connectivity index (χ4n) is 0.364. The Kier molecular flexibility index (Phi) is 9.87. The van der Waals surface area contributed by atoms with Gasteiger partial charge in [0.05, 0.1) is 0 Å². The first kappa shape index (κ1) is 11.5. The predicted molar refractivity (Wildman–Crippen MR) is 39.9 cm³/mol. The lowest BCUT2D eigenvalue weighted by molar-refractivity contribution is -0.118. The van der Waals surface area contributed by atoms with Crippen molar-refractivity contribution in [2.45, 2.75) is 6.92 Å². The third-order valence-electron chi connectivity index (χ3n) is 0.749. The minimum absolute atomic E-state index is 0. The van der Waals surface area contributed by atoms with Gasteiger partial charge in [0.1, 0.15) is 0 Å². The van der Waals surface area contributed by atoms with E-state index in [2.05, 4.69) is 10.6 Å². The third-order valence-corrected chi connectivity index (χ3v) is 0.749. The van der Waals surface area contributed by atoms with Crippen molar-refractivity contribution in [2.24, 2.45) is 0 Å². The summed E-state index contributed by atoms with van der Waals surface area (Å²) in [4.78, 5) is 10.2. The Hall–Kier alpha value is -0.280. The van der Waals surface area contributed by atoms with Gasteiger partial charge in [-0.3, -0.25) is 4.79 Å². The molecule has 0 fully saturated rings. The molecule has 0 aliphatic heterocycles. The molecule has 0 aromatic carbocycles. The number of carbonyl (C=O) groups is 1. The number of likely N-dealkylation sites (N-methyl/N-ethyl adjacent to an activating group) is 1. The SMILES string of the molecule is CNCCNC(C)=O.Cl. The van der Waals surface area contributed by atoms with Crippen LogP contribution in [-0.2, 0) is 4.79 Å². The Balaban J connectivity index is 0. The topological polar surface area (TPSA) is 41.1 Å². The van der Waals surface area contributed by atoms with E-state index in [-0.39, 0.29) is 18.3 Å². The van der Waals surface area contributed by atoms with Crippen LogP contribution in [0.3, 0.4) is 0 Å². The van der Waals surface area contributed by atoms with E-state index in [1.165, 1.54) is 6.92 Å². The molecule has 0 bridgehead atoms. The van der Waals surface area contributed by atoms with Crippen molar-refractivity contribution in [1.82, 2.24) is 10.6 Å². The molecule has 0 aromatic heterocycles. The van der Waals surface area contributed by atoms with Gasteiger partial charge in [-0.25, -0.2) is 0 Å². The van der Waals surface area contributed by atoms with Crippen molar-refractivity contribution in [3.8, 4) is 0 Å². The molecule has 9 heavy (non-hydrogen) atoms. The molecule has 0 aliphatic rings. The van der Waals surface area contributed by atoms with Gasteiger partial charge in [-0.15, -0.1) is 12.4 Å². The van der Waals surface area contributed by atoms with Crippen LogP contribution >= 0.6 is 12.4 Å². The van der Waals surface area contributed by atoms with Crippen LogP contribution in [0.25, 0.3) is 0 Å². The predicted octanol–water partition coefficient (Wildman–Crippen LogP) is -0.236. The van der Waals surface area contributed by atoms with Crippen LogP contribution in [0.4, 0.5) is 0 Å². The molecular formula is C5H13ClN2O. The minimum Gasteiger partial charge on any atom is -0.355 e. The van der Waals surface area contributed by atoms with E-state index in [0.29, 0.717) is 6.54 Å². The summed E-state index contributed by atoms with van der Waals surface area (Å²) in [7, 11) is 1.85. The summed E-state index contributed by atoms with van der Waals surface area (Å²) >= 11 is 0. The van der Waals surface area contributed by atoms with E-state index < -0.39 is 0 Å². The molecule has 0 heterocycles. The summed E-state index contributed by atoms with van der Waals surface area (Å²) in [5, 5.41) is 5.55. The fourth-order valence-corrected chi connectivity index (χ4v) is 0.364. The zero-order chi connectivity index (χ0) is 6.41. The van der Waals surface area contributed by atoms with Crippen LogP contribution in [0, 0.1) is 0 Å². The molecule has 0 spiro atoms. The number of hydrogen-bond acceptors (Lipinski definition) is 2. The van der Waals surface area contributed by atoms with Gasteiger partial charge < -0.3 is 10.6 Å². The number of hydrogen-bond donors (Lipinski definition) is 2. The van der Waals surface area contributed by atoms with E-state index >= 15 is 0 Å². The Bertz CT molecular complexity index is 77.4. The molecule has 0 rings (SSSR count). The van der Waals surface area contributed by atoms with Crippen LogP contribution in [-0.4, -0.2) is 26.0 Å². The summed E-state index contributed by atoms with van der Waals surface area (Å²) < 4.78 is 0. The third kappa shape index (κ3) is 11.3. The van der Waals surface area contributed by atoms with Crippen molar-refractivity contribution < 1.29 is 4.79 Å². The highest BCUT2D eigenvalue weighted by Crippen LogP contribution is 1.57. The second-order valence-electron chi connectivity index (χ2n) is 1.59. The normalized spacial score (nSPS) is 7.78. The lowest BCUT2D eigenvalue weighted by Crippen LogP contribution is -2.28. The first-order valence-corrected chi connectivity index (χ1v) is 2.66. The van der Waals surface area contributed by atoms with Gasteiger partial charge in [0.25, 0.3) is 0 Å². The second kappa shape index (κ2) is 7.72. The highest BCUT2D eigenvalue weighted by atomic mass is 35.5. The van der Waals surface area contributed by atoms with Gasteiger partial charge in [0, 0.05) is 20.0 Å². The van der Waals surface area contributed by atoms with Gasteiger partial charge in [0.15, 0.2) is 0 Å². The Morgan fingerprint density at radius 3 is 2.33 bits per heavy atom. The zero-order valence-electron chi connectivity index (χ0n) is 5.73. The van der Waals surface area contributed by atoms with E-state index in [1.54, 1.807) is 0 Å². The molecule has 1 amide bonds. The molecule has 0 radical (unpaired) electrons. The summed E-state index contributed by atoms with van der Waals surface area (Å²) in [6.07, 6.45) is 0. The average molecular weight is 153 g/mol. The van der Waals surface area contributed by atoms with E-state index in [4.69, 9.17) is 0 Å². The van der Waals surface area contributed by atoms with Crippen LogP contribution < -0.4 is 10.6 Å². The maximum atomic E-state index is 10.2. The minimum atomic E-state index is 0. The number of nitrogens with one attached hydrogen (secondary N) is 2. The number of carbonyl (C=O) groups excluding carboxylic acids is 1. The molecule has 4 heteroatoms. The van der Waals surface area contributed by atoms with Crippen LogP contribution in [0.2, 0.25) is 0 Å². The van der Waals surface area contributed by atoms with Crippen molar-refractivity contribution in [3.05, 3.63) is 0 Å². The average Bonchev–Trinajstić information content (AvgIpc) is 1.66. The van der Waals surface area contributed by atoms with Crippen LogP contribution in [0.15, 0.2) is 0 Å². The largest absolute Gasteiger partial charge is 0.355 e. The second-order valence-corrected chi connectivity index (χ2v) is 1.59. The smallest absolute Gasteiger partial charge is 0.216 e. The maximum Gasteiger partial charge on any atom is 0.216 e. The molecule has 0 atom stereocenters. The maximum absolute atomic E-state index is 10.2. The molecule has 0 aromatic rings. The standard InChI is InChI=1S/C5H12N2O.ClH/c1-5(8)7-4-3-6-2;/h6H,3-4H2,1-2H3,(H,7,8);1H. The number of amides is 1. The first-order valence-electron chi connectivity index (χ1n) is 2.66. The molecule has 56 valence electrons. The molecular weight excluding hydrogens is 140 g/mol. The van der Waals surface area contributed by atoms with Crippen molar-refractivity contribution in [1.29, 1.82) is 0 Å². The summed E-state index contributed by atoms with van der Waals surface area (Å²) in [5.74, 6) is 0.0280. The molecule has 0 saturated heterocycles. The number of rotatable bonds is 3. The Morgan fingerprint density at radius 1 is 1.44 bits per heavy atom. The first-order chi connectivity index (χ1) is 3.77. The Labute approximate surface area is 61.6 Å². The molecule has 0 unspecified atom stereocenters. The summed E-state index contributed by atoms with van der Waals surface area (Å²) in [6.45, 7) is 3.06.